The van der Waals surface area contributed by atoms with Gasteiger partial charge in [-0.1, -0.05) is 13.2 Å². The number of rotatable bonds is 2. The van der Waals surface area contributed by atoms with E-state index < -0.39 is 18.0 Å². The minimum Gasteiger partial charge on any atom is -0.478 e. The lowest BCUT2D eigenvalue weighted by atomic mass is 10.4. The molecule has 5 N–H and O–H groups in total. The van der Waals surface area contributed by atoms with Crippen LogP contribution in [-0.4, -0.2) is 33.4 Å². The standard InChI is InChI=1S/C4H6O2.C3H4O2.CH3NO2/c1-3(2)4(5)6;1-2-3(4)5;2-1(3)4/h1H2,2H3,(H,5,6);2H,1H2,(H,4,5);2H2,(H,3,4). The fraction of sp³-hybridized carbons (Fsp3) is 0.125. The molecule has 0 rings (SSSR count). The lowest BCUT2D eigenvalue weighted by Crippen LogP contribution is -2.03. The molecule has 0 aliphatic heterocycles. The van der Waals surface area contributed by atoms with E-state index in [1.807, 2.05) is 0 Å². The topological polar surface area (TPSA) is 138 Å². The average Bonchev–Trinajstić information content (AvgIpc) is 2.04. The molecular formula is C8H13NO6. The Hall–Kier alpha value is -2.31. The van der Waals surface area contributed by atoms with Gasteiger partial charge >= 0.3 is 18.0 Å². The highest BCUT2D eigenvalue weighted by Crippen LogP contribution is 1.81. The van der Waals surface area contributed by atoms with Crippen molar-refractivity contribution in [1.82, 2.24) is 0 Å². The van der Waals surface area contributed by atoms with Crippen LogP contribution in [-0.2, 0) is 9.59 Å². The maximum absolute atomic E-state index is 9.60. The van der Waals surface area contributed by atoms with Crippen LogP contribution in [0.2, 0.25) is 0 Å². The van der Waals surface area contributed by atoms with Gasteiger partial charge in [-0.05, 0) is 6.92 Å². The summed E-state index contributed by atoms with van der Waals surface area (Å²) in [7, 11) is 0. The van der Waals surface area contributed by atoms with Gasteiger partial charge in [0.2, 0.25) is 0 Å². The van der Waals surface area contributed by atoms with Crippen molar-refractivity contribution >= 4 is 18.0 Å². The summed E-state index contributed by atoms with van der Waals surface area (Å²) in [6, 6.07) is 0. The average molecular weight is 219 g/mol. The van der Waals surface area contributed by atoms with Crippen LogP contribution >= 0.6 is 0 Å². The SMILES string of the molecule is C=C(C)C(=O)O.C=CC(=O)O.NC(=O)O. The van der Waals surface area contributed by atoms with Crippen molar-refractivity contribution < 1.29 is 29.7 Å². The lowest BCUT2D eigenvalue weighted by Gasteiger charge is -1.79. The summed E-state index contributed by atoms with van der Waals surface area (Å²) in [4.78, 5) is 27.6. The second kappa shape index (κ2) is 11.7. The largest absolute Gasteiger partial charge is 0.478 e. The molecule has 0 aromatic heterocycles. The van der Waals surface area contributed by atoms with E-state index in [9.17, 15) is 9.59 Å². The van der Waals surface area contributed by atoms with E-state index in [2.05, 4.69) is 18.9 Å². The van der Waals surface area contributed by atoms with Gasteiger partial charge in [0, 0.05) is 11.6 Å². The van der Waals surface area contributed by atoms with Gasteiger partial charge in [0.25, 0.3) is 0 Å². The predicted octanol–water partition coefficient (Wildman–Crippen LogP) is 0.527. The van der Waals surface area contributed by atoms with Crippen LogP contribution in [0.3, 0.4) is 0 Å². The maximum Gasteiger partial charge on any atom is 0.402 e. The summed E-state index contributed by atoms with van der Waals surface area (Å²) in [6.45, 7) is 7.56. The molecule has 15 heavy (non-hydrogen) atoms. The number of hydrogen-bond donors (Lipinski definition) is 4. The number of carboxylic acids is 2. The third-order valence-corrected chi connectivity index (χ3v) is 0.540. The van der Waals surface area contributed by atoms with Crippen molar-refractivity contribution in [2.75, 3.05) is 0 Å². The Kier molecular flexibility index (Phi) is 14.4. The van der Waals surface area contributed by atoms with Crippen LogP contribution in [0, 0.1) is 0 Å². The van der Waals surface area contributed by atoms with E-state index in [1.54, 1.807) is 0 Å². The molecule has 0 bridgehead atoms. The zero-order valence-corrected chi connectivity index (χ0v) is 8.14. The Balaban J connectivity index is -0.000000147. The molecule has 0 radical (unpaired) electrons. The molecule has 0 atom stereocenters. The third kappa shape index (κ3) is 80.6. The van der Waals surface area contributed by atoms with Crippen molar-refractivity contribution in [3.05, 3.63) is 24.8 Å². The van der Waals surface area contributed by atoms with Crippen molar-refractivity contribution in [2.24, 2.45) is 5.73 Å². The Morgan fingerprint density at radius 3 is 1.33 bits per heavy atom. The zero-order valence-electron chi connectivity index (χ0n) is 8.14. The molecule has 0 spiro atoms. The fourth-order valence-corrected chi connectivity index (χ4v) is 0. The first-order valence-electron chi connectivity index (χ1n) is 3.37. The van der Waals surface area contributed by atoms with Crippen molar-refractivity contribution in [3.8, 4) is 0 Å². The first kappa shape index (κ1) is 18.5. The zero-order chi connectivity index (χ0) is 13.0. The molecule has 0 aliphatic rings. The summed E-state index contributed by atoms with van der Waals surface area (Å²) < 4.78 is 0. The minimum atomic E-state index is -1.33. The Labute approximate surface area is 86.1 Å². The van der Waals surface area contributed by atoms with Gasteiger partial charge in [0.1, 0.15) is 0 Å². The molecule has 0 aromatic rings. The monoisotopic (exact) mass is 219 g/mol. The van der Waals surface area contributed by atoms with Crippen LogP contribution in [0.1, 0.15) is 6.92 Å². The van der Waals surface area contributed by atoms with E-state index in [1.165, 1.54) is 6.92 Å². The van der Waals surface area contributed by atoms with E-state index in [0.717, 1.165) is 6.08 Å². The van der Waals surface area contributed by atoms with E-state index in [0.29, 0.717) is 0 Å². The smallest absolute Gasteiger partial charge is 0.402 e. The van der Waals surface area contributed by atoms with Crippen LogP contribution < -0.4 is 5.73 Å². The summed E-state index contributed by atoms with van der Waals surface area (Å²) in [5.74, 6) is -1.92. The van der Waals surface area contributed by atoms with Gasteiger partial charge in [-0.25, -0.2) is 14.4 Å². The molecule has 7 nitrogen and oxygen atoms in total. The van der Waals surface area contributed by atoms with Crippen LogP contribution in [0.15, 0.2) is 24.8 Å². The second-order valence-corrected chi connectivity index (χ2v) is 1.97. The summed E-state index contributed by atoms with van der Waals surface area (Å²) in [6.07, 6.45) is -0.500. The third-order valence-electron chi connectivity index (χ3n) is 0.540. The number of carboxylic acid groups (broad SMARTS) is 3. The molecule has 86 valence electrons. The van der Waals surface area contributed by atoms with Gasteiger partial charge in [-0.15, -0.1) is 0 Å². The maximum atomic E-state index is 9.60. The van der Waals surface area contributed by atoms with Gasteiger partial charge in [0.15, 0.2) is 0 Å². The van der Waals surface area contributed by atoms with E-state index in [4.69, 9.17) is 20.1 Å². The minimum absolute atomic E-state index is 0.176. The molecule has 0 saturated carbocycles. The summed E-state index contributed by atoms with van der Waals surface area (Å²) in [5, 5.41) is 22.7. The molecule has 0 aliphatic carbocycles. The number of aliphatic carboxylic acids is 2. The number of hydrogen-bond acceptors (Lipinski definition) is 3. The van der Waals surface area contributed by atoms with Crippen LogP contribution in [0.5, 0.6) is 0 Å². The molecule has 7 heteroatoms. The highest BCUT2D eigenvalue weighted by atomic mass is 16.4. The molecule has 0 saturated heterocycles. The Bertz CT molecular complexity index is 242. The normalized spacial score (nSPS) is 6.73. The molecule has 0 heterocycles. The lowest BCUT2D eigenvalue weighted by molar-refractivity contribution is -0.133. The molecule has 0 fully saturated rings. The first-order chi connectivity index (χ1) is 6.64. The van der Waals surface area contributed by atoms with E-state index >= 15 is 0 Å². The number of amides is 1. The predicted molar refractivity (Wildman–Crippen MR) is 52.5 cm³/mol. The van der Waals surface area contributed by atoms with E-state index in [-0.39, 0.29) is 5.57 Å². The van der Waals surface area contributed by atoms with Crippen LogP contribution in [0.4, 0.5) is 4.79 Å². The molecule has 0 aromatic carbocycles. The number of carbonyl (C=O) groups is 3. The Morgan fingerprint density at radius 2 is 1.33 bits per heavy atom. The highest BCUT2D eigenvalue weighted by molar-refractivity contribution is 5.84. The summed E-state index contributed by atoms with van der Waals surface area (Å²) >= 11 is 0. The molecular weight excluding hydrogens is 206 g/mol. The second-order valence-electron chi connectivity index (χ2n) is 1.97. The van der Waals surface area contributed by atoms with Gasteiger partial charge in [-0.3, -0.25) is 0 Å². The summed E-state index contributed by atoms with van der Waals surface area (Å²) in [5.41, 5.74) is 4.20. The number of primary amides is 1. The molecule has 0 unspecified atom stereocenters. The van der Waals surface area contributed by atoms with Crippen molar-refractivity contribution in [3.63, 3.8) is 0 Å². The first-order valence-corrected chi connectivity index (χ1v) is 3.37. The Morgan fingerprint density at radius 1 is 1.20 bits per heavy atom. The fourth-order valence-electron chi connectivity index (χ4n) is 0. The van der Waals surface area contributed by atoms with Crippen molar-refractivity contribution in [2.45, 2.75) is 6.92 Å². The van der Waals surface area contributed by atoms with Crippen molar-refractivity contribution in [1.29, 1.82) is 0 Å². The van der Waals surface area contributed by atoms with Gasteiger partial charge in [0.05, 0.1) is 0 Å². The quantitative estimate of drug-likeness (QED) is 0.499. The number of nitrogens with two attached hydrogens (primary N) is 1. The van der Waals surface area contributed by atoms with Gasteiger partial charge < -0.3 is 21.1 Å². The van der Waals surface area contributed by atoms with Crippen LogP contribution in [0.25, 0.3) is 0 Å². The molecule has 1 amide bonds. The highest BCUT2D eigenvalue weighted by Gasteiger charge is 1.90. The van der Waals surface area contributed by atoms with Gasteiger partial charge in [-0.2, -0.15) is 0 Å².